The van der Waals surface area contributed by atoms with Crippen LogP contribution in [0.2, 0.25) is 10.2 Å². The van der Waals surface area contributed by atoms with Gasteiger partial charge in [-0.1, -0.05) is 36.5 Å². The number of pyridine rings is 1. The molecule has 1 unspecified atom stereocenters. The summed E-state index contributed by atoms with van der Waals surface area (Å²) in [4.78, 5) is 15.5. The van der Waals surface area contributed by atoms with Crippen molar-refractivity contribution in [3.63, 3.8) is 0 Å². The highest BCUT2D eigenvalue weighted by Gasteiger charge is 2.15. The number of carbonyl (C=O) groups is 1. The maximum absolute atomic E-state index is 11.7. The first-order valence-corrected chi connectivity index (χ1v) is 5.82. The monoisotopic (exact) mass is 261 g/mol. The van der Waals surface area contributed by atoms with Gasteiger partial charge in [0.25, 0.3) is 0 Å². The smallest absolute Gasteiger partial charge is 0.340 e. The van der Waals surface area contributed by atoms with Gasteiger partial charge in [0.1, 0.15) is 5.15 Å². The van der Waals surface area contributed by atoms with Crippen molar-refractivity contribution in [3.8, 4) is 0 Å². The third kappa shape index (κ3) is 3.65. The average molecular weight is 262 g/mol. The summed E-state index contributed by atoms with van der Waals surface area (Å²) in [6.07, 6.45) is 2.99. The lowest BCUT2D eigenvalue weighted by molar-refractivity contribution is 0.0323. The molecule has 3 nitrogen and oxygen atoms in total. The summed E-state index contributed by atoms with van der Waals surface area (Å²) in [5.74, 6) is -0.463. The van der Waals surface area contributed by atoms with Crippen LogP contribution in [0.3, 0.4) is 0 Å². The van der Waals surface area contributed by atoms with E-state index in [0.717, 1.165) is 12.8 Å². The molecule has 0 aliphatic heterocycles. The molecule has 0 N–H and O–H groups in total. The van der Waals surface area contributed by atoms with Crippen LogP contribution in [0.4, 0.5) is 0 Å². The molecular formula is C11H13Cl2NO2. The zero-order valence-corrected chi connectivity index (χ0v) is 10.7. The van der Waals surface area contributed by atoms with Crippen LogP contribution in [-0.4, -0.2) is 17.1 Å². The van der Waals surface area contributed by atoms with Gasteiger partial charge in [-0.15, -0.1) is 0 Å². The van der Waals surface area contributed by atoms with Crippen LogP contribution in [0, 0.1) is 0 Å². The van der Waals surface area contributed by atoms with E-state index < -0.39 is 5.97 Å². The molecule has 88 valence electrons. The van der Waals surface area contributed by atoms with Crippen LogP contribution in [0.5, 0.6) is 0 Å². The van der Waals surface area contributed by atoms with Gasteiger partial charge in [0.2, 0.25) is 0 Å². The summed E-state index contributed by atoms with van der Waals surface area (Å²) < 4.78 is 5.20. The van der Waals surface area contributed by atoms with Crippen LogP contribution in [-0.2, 0) is 4.74 Å². The normalized spacial score (nSPS) is 12.2. The number of esters is 1. The maximum atomic E-state index is 11.7. The highest BCUT2D eigenvalue weighted by Crippen LogP contribution is 2.19. The maximum Gasteiger partial charge on any atom is 0.340 e. The van der Waals surface area contributed by atoms with Gasteiger partial charge in [0.15, 0.2) is 0 Å². The number of ether oxygens (including phenoxy) is 1. The summed E-state index contributed by atoms with van der Waals surface area (Å²) in [5.41, 5.74) is 0.254. The first kappa shape index (κ1) is 13.3. The second kappa shape index (κ2) is 6.06. The second-order valence-electron chi connectivity index (χ2n) is 3.49. The van der Waals surface area contributed by atoms with Gasteiger partial charge in [0.05, 0.1) is 16.7 Å². The molecule has 0 saturated heterocycles. The Labute approximate surface area is 105 Å². The molecule has 16 heavy (non-hydrogen) atoms. The van der Waals surface area contributed by atoms with Crippen molar-refractivity contribution in [1.82, 2.24) is 4.98 Å². The zero-order valence-electron chi connectivity index (χ0n) is 9.17. The molecule has 0 saturated carbocycles. The van der Waals surface area contributed by atoms with E-state index in [9.17, 15) is 4.79 Å². The predicted molar refractivity (Wildman–Crippen MR) is 64.0 cm³/mol. The van der Waals surface area contributed by atoms with Gasteiger partial charge < -0.3 is 4.74 Å². The Kier molecular flexibility index (Phi) is 5.03. The van der Waals surface area contributed by atoms with E-state index >= 15 is 0 Å². The minimum Gasteiger partial charge on any atom is -0.459 e. The standard InChI is InChI=1S/C11H13Cl2NO2/c1-3-4-7(2)16-11(15)8-5-10(13)14-6-9(8)12/h5-7H,3-4H2,1-2H3. The van der Waals surface area contributed by atoms with Gasteiger partial charge >= 0.3 is 5.97 Å². The van der Waals surface area contributed by atoms with E-state index in [2.05, 4.69) is 4.98 Å². The van der Waals surface area contributed by atoms with Crippen LogP contribution in [0.1, 0.15) is 37.0 Å². The fourth-order valence-electron chi connectivity index (χ4n) is 1.28. The Hall–Kier alpha value is -0.800. The molecule has 1 atom stereocenters. The van der Waals surface area contributed by atoms with Crippen LogP contribution >= 0.6 is 23.2 Å². The van der Waals surface area contributed by atoms with Crippen molar-refractivity contribution in [1.29, 1.82) is 0 Å². The predicted octanol–water partition coefficient (Wildman–Crippen LogP) is 3.73. The SMILES string of the molecule is CCCC(C)OC(=O)c1cc(Cl)ncc1Cl. The Bertz CT molecular complexity index is 382. The third-order valence-electron chi connectivity index (χ3n) is 2.05. The molecule has 0 fully saturated rings. The quantitative estimate of drug-likeness (QED) is 0.613. The lowest BCUT2D eigenvalue weighted by Crippen LogP contribution is -2.15. The molecular weight excluding hydrogens is 249 g/mol. The van der Waals surface area contributed by atoms with Crippen molar-refractivity contribution in [2.45, 2.75) is 32.8 Å². The number of rotatable bonds is 4. The summed E-state index contributed by atoms with van der Waals surface area (Å²) >= 11 is 11.5. The molecule has 0 aromatic carbocycles. The number of hydrogen-bond donors (Lipinski definition) is 0. The number of hydrogen-bond acceptors (Lipinski definition) is 3. The minimum atomic E-state index is -0.463. The van der Waals surface area contributed by atoms with Crippen molar-refractivity contribution < 1.29 is 9.53 Å². The van der Waals surface area contributed by atoms with Crippen molar-refractivity contribution in [2.24, 2.45) is 0 Å². The summed E-state index contributed by atoms with van der Waals surface area (Å²) in [5, 5.41) is 0.470. The van der Waals surface area contributed by atoms with Crippen LogP contribution in [0.25, 0.3) is 0 Å². The Morgan fingerprint density at radius 2 is 2.25 bits per heavy atom. The van der Waals surface area contributed by atoms with E-state index in [1.54, 1.807) is 0 Å². The largest absolute Gasteiger partial charge is 0.459 e. The molecule has 1 aromatic heterocycles. The second-order valence-corrected chi connectivity index (χ2v) is 4.29. The Balaban J connectivity index is 2.76. The molecule has 1 heterocycles. The molecule has 0 amide bonds. The van der Waals surface area contributed by atoms with E-state index in [4.69, 9.17) is 27.9 Å². The molecule has 0 aliphatic carbocycles. The van der Waals surface area contributed by atoms with E-state index in [-0.39, 0.29) is 21.8 Å². The van der Waals surface area contributed by atoms with E-state index in [0.29, 0.717) is 0 Å². The molecule has 0 spiro atoms. The topological polar surface area (TPSA) is 39.2 Å². The highest BCUT2D eigenvalue weighted by atomic mass is 35.5. The van der Waals surface area contributed by atoms with Gasteiger partial charge in [-0.05, 0) is 19.4 Å². The molecule has 1 rings (SSSR count). The first-order valence-electron chi connectivity index (χ1n) is 5.06. The summed E-state index contributed by atoms with van der Waals surface area (Å²) in [6, 6.07) is 1.41. The Morgan fingerprint density at radius 1 is 1.56 bits per heavy atom. The number of aromatic nitrogens is 1. The summed E-state index contributed by atoms with van der Waals surface area (Å²) in [6.45, 7) is 3.87. The lowest BCUT2D eigenvalue weighted by atomic mass is 10.2. The van der Waals surface area contributed by atoms with Crippen molar-refractivity contribution in [2.75, 3.05) is 0 Å². The number of nitrogens with zero attached hydrogens (tertiary/aromatic N) is 1. The molecule has 0 radical (unpaired) electrons. The lowest BCUT2D eigenvalue weighted by Gasteiger charge is -2.12. The Morgan fingerprint density at radius 3 is 2.88 bits per heavy atom. The fourth-order valence-corrected chi connectivity index (χ4v) is 1.62. The molecule has 0 aliphatic rings. The highest BCUT2D eigenvalue weighted by molar-refractivity contribution is 6.34. The van der Waals surface area contributed by atoms with Gasteiger partial charge in [-0.3, -0.25) is 0 Å². The van der Waals surface area contributed by atoms with E-state index in [1.807, 2.05) is 13.8 Å². The molecule has 1 aromatic rings. The van der Waals surface area contributed by atoms with Crippen LogP contribution in [0.15, 0.2) is 12.3 Å². The minimum absolute atomic E-state index is 0.125. The van der Waals surface area contributed by atoms with Gasteiger partial charge in [-0.25, -0.2) is 9.78 Å². The zero-order chi connectivity index (χ0) is 12.1. The van der Waals surface area contributed by atoms with Crippen molar-refractivity contribution in [3.05, 3.63) is 28.0 Å². The van der Waals surface area contributed by atoms with E-state index in [1.165, 1.54) is 12.3 Å². The third-order valence-corrected chi connectivity index (χ3v) is 2.55. The molecule has 0 bridgehead atoms. The first-order chi connectivity index (χ1) is 7.54. The van der Waals surface area contributed by atoms with Crippen molar-refractivity contribution >= 4 is 29.2 Å². The summed E-state index contributed by atoms with van der Waals surface area (Å²) in [7, 11) is 0. The fraction of sp³-hybridized carbons (Fsp3) is 0.455. The number of carbonyl (C=O) groups excluding carboxylic acids is 1. The average Bonchev–Trinajstić information content (AvgIpc) is 2.21. The van der Waals surface area contributed by atoms with Gasteiger partial charge in [-0.2, -0.15) is 0 Å². The van der Waals surface area contributed by atoms with Gasteiger partial charge in [0, 0.05) is 6.20 Å². The van der Waals surface area contributed by atoms with Crippen LogP contribution < -0.4 is 0 Å². The number of halogens is 2. The molecule has 5 heteroatoms.